The number of para-hydroxylation sites is 1. The van der Waals surface area contributed by atoms with Crippen molar-refractivity contribution < 1.29 is 16.8 Å². The van der Waals surface area contributed by atoms with Gasteiger partial charge in [-0.25, -0.2) is 26.3 Å². The fourth-order valence-corrected chi connectivity index (χ4v) is 3.79. The van der Waals surface area contributed by atoms with E-state index in [1.807, 2.05) is 0 Å². The molecule has 0 aromatic heterocycles. The fraction of sp³-hybridized carbons (Fsp3) is 0.500. The lowest BCUT2D eigenvalue weighted by Crippen LogP contribution is -2.47. The zero-order valence-electron chi connectivity index (χ0n) is 12.5. The molecule has 9 heteroatoms. The Morgan fingerprint density at radius 1 is 1.10 bits per heavy atom. The van der Waals surface area contributed by atoms with E-state index in [0.29, 0.717) is 5.69 Å². The van der Waals surface area contributed by atoms with E-state index in [4.69, 9.17) is 0 Å². The number of hydrogen-bond acceptors (Lipinski definition) is 5. The number of anilines is 1. The summed E-state index contributed by atoms with van der Waals surface area (Å²) in [7, 11) is -5.60. The molecule has 0 aliphatic heterocycles. The van der Waals surface area contributed by atoms with Crippen LogP contribution in [0.1, 0.15) is 13.8 Å². The van der Waals surface area contributed by atoms with Gasteiger partial charge in [-0.05, 0) is 33.0 Å². The van der Waals surface area contributed by atoms with Crippen LogP contribution in [-0.2, 0) is 20.0 Å². The van der Waals surface area contributed by atoms with Gasteiger partial charge in [-0.15, -0.1) is 0 Å². The van der Waals surface area contributed by atoms with Crippen molar-refractivity contribution in [3.05, 3.63) is 24.3 Å². The van der Waals surface area contributed by atoms with E-state index >= 15 is 0 Å². The molecule has 0 saturated carbocycles. The van der Waals surface area contributed by atoms with Gasteiger partial charge in [-0.2, -0.15) is 0 Å². The average molecular weight is 335 g/mol. The van der Waals surface area contributed by atoms with Crippen molar-refractivity contribution in [1.82, 2.24) is 9.44 Å². The van der Waals surface area contributed by atoms with Gasteiger partial charge in [0.2, 0.25) is 20.0 Å². The van der Waals surface area contributed by atoms with Crippen LogP contribution in [0.25, 0.3) is 0 Å². The predicted molar refractivity (Wildman–Crippen MR) is 83.2 cm³/mol. The molecule has 0 spiro atoms. The molecule has 1 rings (SSSR count). The Morgan fingerprint density at radius 2 is 1.67 bits per heavy atom. The normalized spacial score (nSPS) is 13.1. The van der Waals surface area contributed by atoms with E-state index < -0.39 is 25.6 Å². The van der Waals surface area contributed by atoms with E-state index in [-0.39, 0.29) is 11.4 Å². The summed E-state index contributed by atoms with van der Waals surface area (Å²) in [6.07, 6.45) is 1.08. The lowest BCUT2D eigenvalue weighted by atomic mass is 10.1. The maximum Gasteiger partial charge on any atom is 0.242 e. The minimum absolute atomic E-state index is 0.114. The largest absolute Gasteiger partial charge is 0.382 e. The van der Waals surface area contributed by atoms with Crippen molar-refractivity contribution in [2.24, 2.45) is 0 Å². The third kappa shape index (κ3) is 5.62. The lowest BCUT2D eigenvalue weighted by molar-refractivity contribution is 0.476. The Morgan fingerprint density at radius 3 is 2.19 bits per heavy atom. The zero-order valence-corrected chi connectivity index (χ0v) is 14.1. The number of hydrogen-bond donors (Lipinski definition) is 3. The van der Waals surface area contributed by atoms with Gasteiger partial charge in [0.25, 0.3) is 0 Å². The van der Waals surface area contributed by atoms with Crippen molar-refractivity contribution in [2.75, 3.05) is 25.2 Å². The second-order valence-electron chi connectivity index (χ2n) is 5.32. The number of sulfonamides is 2. The van der Waals surface area contributed by atoms with Gasteiger partial charge in [0, 0.05) is 12.1 Å². The molecule has 0 bridgehead atoms. The molecule has 0 radical (unpaired) electrons. The van der Waals surface area contributed by atoms with Crippen LogP contribution < -0.4 is 14.8 Å². The fourth-order valence-electron chi connectivity index (χ4n) is 1.81. The summed E-state index contributed by atoms with van der Waals surface area (Å²) in [5, 5.41) is 2.97. The predicted octanol–water partition coefficient (Wildman–Crippen LogP) is 0.334. The van der Waals surface area contributed by atoms with Gasteiger partial charge in [0.1, 0.15) is 4.90 Å². The van der Waals surface area contributed by atoms with Crippen LogP contribution in [0.2, 0.25) is 0 Å². The van der Waals surface area contributed by atoms with E-state index in [1.54, 1.807) is 32.0 Å². The molecule has 120 valence electrons. The Hall–Kier alpha value is -1.16. The first-order chi connectivity index (χ1) is 9.47. The SMILES string of the molecule is CNS(=O)(=O)c1ccccc1NCC(C)(C)NS(C)(=O)=O. The van der Waals surface area contributed by atoms with Crippen molar-refractivity contribution in [1.29, 1.82) is 0 Å². The molecule has 3 N–H and O–H groups in total. The number of rotatable bonds is 7. The first kappa shape index (κ1) is 17.9. The molecule has 0 heterocycles. The zero-order chi connectivity index (χ0) is 16.3. The van der Waals surface area contributed by atoms with Crippen LogP contribution >= 0.6 is 0 Å². The summed E-state index contributed by atoms with van der Waals surface area (Å²) >= 11 is 0. The van der Waals surface area contributed by atoms with Crippen LogP contribution in [0.4, 0.5) is 5.69 Å². The van der Waals surface area contributed by atoms with Gasteiger partial charge in [0.05, 0.1) is 11.9 Å². The first-order valence-electron chi connectivity index (χ1n) is 6.22. The number of benzene rings is 1. The molecule has 0 atom stereocenters. The third-order valence-corrected chi connectivity index (χ3v) is 5.02. The quantitative estimate of drug-likeness (QED) is 0.666. The van der Waals surface area contributed by atoms with Crippen LogP contribution in [0.5, 0.6) is 0 Å². The third-order valence-electron chi connectivity index (χ3n) is 2.63. The lowest BCUT2D eigenvalue weighted by Gasteiger charge is -2.26. The molecule has 0 saturated heterocycles. The maximum atomic E-state index is 11.9. The molecular weight excluding hydrogens is 314 g/mol. The highest BCUT2D eigenvalue weighted by atomic mass is 32.2. The molecular formula is C12H21N3O4S2. The summed E-state index contributed by atoms with van der Waals surface area (Å²) in [6.45, 7) is 3.64. The van der Waals surface area contributed by atoms with Gasteiger partial charge < -0.3 is 5.32 Å². The van der Waals surface area contributed by atoms with Gasteiger partial charge >= 0.3 is 0 Å². The Bertz CT molecular complexity index is 697. The molecule has 0 amide bonds. The Kier molecular flexibility index (Phi) is 5.37. The minimum Gasteiger partial charge on any atom is -0.382 e. The van der Waals surface area contributed by atoms with E-state index in [2.05, 4.69) is 14.8 Å². The summed E-state index contributed by atoms with van der Waals surface area (Å²) in [5.74, 6) is 0. The van der Waals surface area contributed by atoms with Crippen molar-refractivity contribution in [3.8, 4) is 0 Å². The van der Waals surface area contributed by atoms with E-state index in [1.165, 1.54) is 13.1 Å². The molecule has 0 unspecified atom stereocenters. The van der Waals surface area contributed by atoms with Gasteiger partial charge in [-0.1, -0.05) is 12.1 Å². The van der Waals surface area contributed by atoms with Crippen molar-refractivity contribution in [3.63, 3.8) is 0 Å². The van der Waals surface area contributed by atoms with Crippen LogP contribution in [0, 0.1) is 0 Å². The maximum absolute atomic E-state index is 11.9. The topological polar surface area (TPSA) is 104 Å². The van der Waals surface area contributed by atoms with Gasteiger partial charge in [-0.3, -0.25) is 0 Å². The van der Waals surface area contributed by atoms with E-state index in [9.17, 15) is 16.8 Å². The van der Waals surface area contributed by atoms with Gasteiger partial charge in [0.15, 0.2) is 0 Å². The smallest absolute Gasteiger partial charge is 0.242 e. The highest BCUT2D eigenvalue weighted by Crippen LogP contribution is 2.21. The van der Waals surface area contributed by atoms with Crippen molar-refractivity contribution in [2.45, 2.75) is 24.3 Å². The Labute approximate surface area is 126 Å². The molecule has 1 aromatic rings. The van der Waals surface area contributed by atoms with Crippen LogP contribution in [-0.4, -0.2) is 42.2 Å². The second kappa shape index (κ2) is 6.30. The monoisotopic (exact) mass is 335 g/mol. The summed E-state index contributed by atoms with van der Waals surface area (Å²) in [6, 6.07) is 6.43. The average Bonchev–Trinajstić information content (AvgIpc) is 2.34. The molecule has 0 aliphatic rings. The Balaban J connectivity index is 2.96. The van der Waals surface area contributed by atoms with Crippen LogP contribution in [0.3, 0.4) is 0 Å². The number of nitrogens with one attached hydrogen (secondary N) is 3. The highest BCUT2D eigenvalue weighted by Gasteiger charge is 2.23. The van der Waals surface area contributed by atoms with Crippen molar-refractivity contribution >= 4 is 25.7 Å². The molecule has 0 fully saturated rings. The first-order valence-corrected chi connectivity index (χ1v) is 9.60. The van der Waals surface area contributed by atoms with Crippen LogP contribution in [0.15, 0.2) is 29.2 Å². The molecule has 0 aliphatic carbocycles. The molecule has 1 aromatic carbocycles. The highest BCUT2D eigenvalue weighted by molar-refractivity contribution is 7.89. The summed E-state index contributed by atoms with van der Waals surface area (Å²) in [5.41, 5.74) is -0.348. The summed E-state index contributed by atoms with van der Waals surface area (Å²) in [4.78, 5) is 0.114. The molecule has 7 nitrogen and oxygen atoms in total. The molecule has 21 heavy (non-hydrogen) atoms. The summed E-state index contributed by atoms with van der Waals surface area (Å²) < 4.78 is 51.1. The standard InChI is InChI=1S/C12H21N3O4S2/c1-12(2,15-20(4,16)17)9-14-10-7-5-6-8-11(10)21(18,19)13-3/h5-8,13-15H,9H2,1-4H3. The minimum atomic E-state index is -3.58. The van der Waals surface area contributed by atoms with E-state index in [0.717, 1.165) is 6.26 Å². The second-order valence-corrected chi connectivity index (χ2v) is 8.92.